The van der Waals surface area contributed by atoms with Gasteiger partial charge in [0.15, 0.2) is 17.5 Å². The number of carbonyl (C=O) groups excluding carboxylic acids is 2. The van der Waals surface area contributed by atoms with Crippen LogP contribution in [-0.4, -0.2) is 43.0 Å². The summed E-state index contributed by atoms with van der Waals surface area (Å²) in [5.41, 5.74) is 8.36. The van der Waals surface area contributed by atoms with Crippen molar-refractivity contribution in [2.75, 3.05) is 14.2 Å². The molecule has 0 spiro atoms. The van der Waals surface area contributed by atoms with Gasteiger partial charge in [-0.05, 0) is 35.4 Å². The third-order valence-corrected chi connectivity index (χ3v) is 5.14. The molecule has 3 rings (SSSR count). The molecule has 0 bridgehead atoms. The van der Waals surface area contributed by atoms with Crippen LogP contribution in [0.1, 0.15) is 16.8 Å². The molecule has 35 heavy (non-hydrogen) atoms. The first kappa shape index (κ1) is 25.2. The quantitative estimate of drug-likeness (QED) is 0.302. The lowest BCUT2D eigenvalue weighted by Gasteiger charge is -2.19. The molecule has 3 aromatic rings. The Morgan fingerprint density at radius 2 is 1.71 bits per heavy atom. The number of amides is 2. The van der Waals surface area contributed by atoms with E-state index in [-0.39, 0.29) is 24.8 Å². The van der Waals surface area contributed by atoms with Crippen LogP contribution in [0.3, 0.4) is 0 Å². The summed E-state index contributed by atoms with van der Waals surface area (Å²) in [6.07, 6.45) is 2.03. The van der Waals surface area contributed by atoms with Crippen molar-refractivity contribution < 1.29 is 19.1 Å². The maximum Gasteiger partial charge on any atom is 0.253 e. The monoisotopic (exact) mass is 475 g/mol. The van der Waals surface area contributed by atoms with E-state index in [1.807, 2.05) is 42.5 Å². The molecule has 4 N–H and O–H groups in total. The molecule has 182 valence electrons. The number of benzene rings is 2. The highest BCUT2D eigenvalue weighted by Crippen LogP contribution is 2.27. The van der Waals surface area contributed by atoms with Gasteiger partial charge in [0.1, 0.15) is 6.04 Å². The van der Waals surface area contributed by atoms with Gasteiger partial charge in [0, 0.05) is 12.6 Å². The fourth-order valence-electron chi connectivity index (χ4n) is 3.41. The van der Waals surface area contributed by atoms with Gasteiger partial charge < -0.3 is 25.8 Å². The van der Waals surface area contributed by atoms with Crippen molar-refractivity contribution in [3.05, 3.63) is 89.7 Å². The molecular weight excluding hydrogens is 446 g/mol. The van der Waals surface area contributed by atoms with Gasteiger partial charge in [-0.1, -0.05) is 42.5 Å². The maximum atomic E-state index is 12.9. The van der Waals surface area contributed by atoms with E-state index in [9.17, 15) is 9.59 Å². The minimum atomic E-state index is -0.737. The van der Waals surface area contributed by atoms with Crippen LogP contribution in [0.15, 0.2) is 77.9 Å². The normalized spacial score (nSPS) is 11.9. The van der Waals surface area contributed by atoms with Crippen molar-refractivity contribution in [1.29, 1.82) is 0 Å². The Bertz CT molecular complexity index is 1150. The molecule has 0 aliphatic rings. The van der Waals surface area contributed by atoms with E-state index in [2.05, 4.69) is 20.6 Å². The van der Waals surface area contributed by atoms with Crippen molar-refractivity contribution in [1.82, 2.24) is 15.6 Å². The van der Waals surface area contributed by atoms with Crippen molar-refractivity contribution in [3.63, 3.8) is 0 Å². The highest BCUT2D eigenvalue weighted by atomic mass is 16.5. The van der Waals surface area contributed by atoms with Crippen LogP contribution < -0.4 is 25.8 Å². The third kappa shape index (κ3) is 7.85. The van der Waals surface area contributed by atoms with Crippen molar-refractivity contribution in [2.45, 2.75) is 25.4 Å². The summed E-state index contributed by atoms with van der Waals surface area (Å²) in [4.78, 5) is 33.6. The highest BCUT2D eigenvalue weighted by Gasteiger charge is 2.20. The van der Waals surface area contributed by atoms with Crippen LogP contribution >= 0.6 is 0 Å². The average Bonchev–Trinajstić information content (AvgIpc) is 2.87. The van der Waals surface area contributed by atoms with E-state index in [4.69, 9.17) is 15.2 Å². The number of aromatic nitrogens is 1. The largest absolute Gasteiger partial charge is 0.493 e. The van der Waals surface area contributed by atoms with Gasteiger partial charge >= 0.3 is 0 Å². The zero-order valence-electron chi connectivity index (χ0n) is 19.7. The summed E-state index contributed by atoms with van der Waals surface area (Å²) in [6, 6.07) is 19.4. The topological polar surface area (TPSA) is 128 Å². The lowest BCUT2D eigenvalue weighted by Crippen LogP contribution is -2.50. The number of pyridine rings is 1. The Morgan fingerprint density at radius 1 is 0.971 bits per heavy atom. The second-order valence-electron chi connectivity index (χ2n) is 7.68. The summed E-state index contributed by atoms with van der Waals surface area (Å²) in [7, 11) is 3.06. The number of nitrogens with one attached hydrogen (secondary N) is 2. The Balaban J connectivity index is 1.67. The van der Waals surface area contributed by atoms with Crippen molar-refractivity contribution in [2.24, 2.45) is 10.7 Å². The fourth-order valence-corrected chi connectivity index (χ4v) is 3.41. The Morgan fingerprint density at radius 3 is 2.40 bits per heavy atom. The zero-order chi connectivity index (χ0) is 25.0. The van der Waals surface area contributed by atoms with Crippen LogP contribution in [0.5, 0.6) is 11.5 Å². The Labute approximate surface area is 204 Å². The molecule has 1 atom stereocenters. The molecule has 0 radical (unpaired) electrons. The summed E-state index contributed by atoms with van der Waals surface area (Å²) >= 11 is 0. The molecule has 1 heterocycles. The molecular formula is C26H29N5O4. The predicted molar refractivity (Wildman–Crippen MR) is 133 cm³/mol. The molecule has 0 aliphatic carbocycles. The molecule has 9 nitrogen and oxygen atoms in total. The standard InChI is InChI=1S/C26H29N5O4/c1-34-22-12-11-19(15-23(22)35-2)16-24(32)31-26(27)30-21(14-18-8-4-3-5-9-18)25(33)29-17-20-10-6-7-13-28-20/h3-13,15,21H,14,16-17H2,1-2H3,(H,29,33)(H3,27,30,31,32). The number of ether oxygens (including phenoxy) is 2. The van der Waals surface area contributed by atoms with Crippen LogP contribution in [-0.2, 0) is 29.0 Å². The van der Waals surface area contributed by atoms with Crippen LogP contribution in [0.2, 0.25) is 0 Å². The number of hydrogen-bond donors (Lipinski definition) is 3. The van der Waals surface area contributed by atoms with E-state index in [1.165, 1.54) is 14.2 Å². The number of carbonyl (C=O) groups is 2. The van der Waals surface area contributed by atoms with Gasteiger partial charge in [-0.15, -0.1) is 0 Å². The van der Waals surface area contributed by atoms with E-state index in [0.29, 0.717) is 23.5 Å². The van der Waals surface area contributed by atoms with Gasteiger partial charge in [0.2, 0.25) is 5.91 Å². The minimum absolute atomic E-state index is 0.0119. The van der Waals surface area contributed by atoms with Crippen LogP contribution in [0.4, 0.5) is 0 Å². The number of rotatable bonds is 10. The van der Waals surface area contributed by atoms with E-state index in [0.717, 1.165) is 11.3 Å². The molecule has 0 saturated heterocycles. The number of nitrogens with zero attached hydrogens (tertiary/aromatic N) is 2. The number of methoxy groups -OCH3 is 2. The second-order valence-corrected chi connectivity index (χ2v) is 7.68. The summed E-state index contributed by atoms with van der Waals surface area (Å²) in [5.74, 6) is 0.193. The van der Waals surface area contributed by atoms with Gasteiger partial charge in [-0.25, -0.2) is 0 Å². The predicted octanol–water partition coefficient (Wildman–Crippen LogP) is 2.00. The molecule has 0 fully saturated rings. The molecule has 1 unspecified atom stereocenters. The second kappa shape index (κ2) is 12.7. The summed E-state index contributed by atoms with van der Waals surface area (Å²) in [6.45, 7) is 0.266. The van der Waals surface area contributed by atoms with E-state index >= 15 is 0 Å². The zero-order valence-corrected chi connectivity index (χ0v) is 19.7. The fraction of sp³-hybridized carbons (Fsp3) is 0.231. The van der Waals surface area contributed by atoms with E-state index < -0.39 is 11.9 Å². The van der Waals surface area contributed by atoms with Crippen LogP contribution in [0, 0.1) is 0 Å². The number of aliphatic imine (C=N–C) groups is 1. The highest BCUT2D eigenvalue weighted by molar-refractivity contribution is 5.95. The maximum absolute atomic E-state index is 12.9. The average molecular weight is 476 g/mol. The minimum Gasteiger partial charge on any atom is -0.493 e. The van der Waals surface area contributed by atoms with Gasteiger partial charge in [-0.3, -0.25) is 14.6 Å². The first-order valence-electron chi connectivity index (χ1n) is 11.0. The van der Waals surface area contributed by atoms with Crippen molar-refractivity contribution in [3.8, 4) is 11.5 Å². The number of hydrogen-bond acceptors (Lipinski definition) is 5. The van der Waals surface area contributed by atoms with Gasteiger partial charge in [0.05, 0.1) is 32.9 Å². The molecule has 0 aliphatic heterocycles. The summed E-state index contributed by atoms with van der Waals surface area (Å²) < 4.78 is 10.5. The third-order valence-electron chi connectivity index (χ3n) is 5.14. The first-order chi connectivity index (χ1) is 17.0. The summed E-state index contributed by atoms with van der Waals surface area (Å²) in [5, 5.41) is 5.74. The first-order valence-corrected chi connectivity index (χ1v) is 11.0. The van der Waals surface area contributed by atoms with E-state index in [1.54, 1.807) is 30.5 Å². The van der Waals surface area contributed by atoms with Crippen LogP contribution in [0.25, 0.3) is 0 Å². The molecule has 2 amide bonds. The van der Waals surface area contributed by atoms with Gasteiger partial charge in [-0.2, -0.15) is 4.99 Å². The SMILES string of the molecule is COc1ccc(CC(=O)N=C(N)NC(Cc2ccccc2)C(=O)NCc2ccccn2)cc1OC. The molecule has 1 aromatic heterocycles. The van der Waals surface area contributed by atoms with Crippen molar-refractivity contribution >= 4 is 17.8 Å². The molecule has 2 aromatic carbocycles. The molecule has 0 saturated carbocycles. The Kier molecular flexibility index (Phi) is 9.18. The lowest BCUT2D eigenvalue weighted by atomic mass is 10.1. The Hall–Kier alpha value is -4.40. The smallest absolute Gasteiger partial charge is 0.253 e. The number of guanidine groups is 1. The van der Waals surface area contributed by atoms with Gasteiger partial charge in [0.25, 0.3) is 5.91 Å². The number of nitrogens with two attached hydrogens (primary N) is 1. The lowest BCUT2D eigenvalue weighted by molar-refractivity contribution is -0.123. The molecule has 9 heteroatoms.